The molecular formula is C16H13N. The molecule has 0 saturated heterocycles. The van der Waals surface area contributed by atoms with Crippen molar-refractivity contribution in [1.82, 2.24) is 0 Å². The van der Waals surface area contributed by atoms with Crippen LogP contribution in [0.15, 0.2) is 59.6 Å². The highest BCUT2D eigenvalue weighted by Crippen LogP contribution is 2.27. The van der Waals surface area contributed by atoms with Gasteiger partial charge in [0.05, 0.1) is 6.54 Å². The van der Waals surface area contributed by atoms with Crippen LogP contribution in [0, 0.1) is 0 Å². The van der Waals surface area contributed by atoms with Crippen LogP contribution in [-0.4, -0.2) is 6.72 Å². The minimum atomic E-state index is 0.676. The molecule has 0 bridgehead atoms. The van der Waals surface area contributed by atoms with E-state index in [1.54, 1.807) is 0 Å². The fourth-order valence-corrected chi connectivity index (χ4v) is 2.36. The second-order valence-corrected chi connectivity index (χ2v) is 4.18. The lowest BCUT2D eigenvalue weighted by atomic mass is 9.98. The molecule has 17 heavy (non-hydrogen) atoms. The molecule has 0 fully saturated rings. The standard InChI is InChI=1S/C16H13N/c1-17-11-13-6-4-8-16-14-7-3-2-5-12(14)9-10-15(13)16/h2-10H,1,11H2. The summed E-state index contributed by atoms with van der Waals surface area (Å²) in [5.41, 5.74) is 1.24. The number of hydrogen-bond acceptors (Lipinski definition) is 1. The lowest BCUT2D eigenvalue weighted by molar-refractivity contribution is 1.10. The van der Waals surface area contributed by atoms with Gasteiger partial charge in [-0.15, -0.1) is 0 Å². The highest BCUT2D eigenvalue weighted by Gasteiger charge is 2.03. The molecule has 0 heterocycles. The van der Waals surface area contributed by atoms with Crippen LogP contribution in [0.5, 0.6) is 0 Å². The number of rotatable bonds is 2. The third-order valence-electron chi connectivity index (χ3n) is 3.16. The molecule has 82 valence electrons. The Labute approximate surface area is 100 Å². The first-order valence-corrected chi connectivity index (χ1v) is 5.72. The van der Waals surface area contributed by atoms with E-state index in [1.807, 2.05) is 0 Å². The fraction of sp³-hybridized carbons (Fsp3) is 0.0625. The van der Waals surface area contributed by atoms with E-state index in [9.17, 15) is 0 Å². The Morgan fingerprint density at radius 1 is 0.765 bits per heavy atom. The van der Waals surface area contributed by atoms with Gasteiger partial charge < -0.3 is 0 Å². The molecule has 0 aliphatic carbocycles. The van der Waals surface area contributed by atoms with Crippen molar-refractivity contribution in [3.05, 3.63) is 60.2 Å². The van der Waals surface area contributed by atoms with Crippen molar-refractivity contribution in [2.24, 2.45) is 4.99 Å². The van der Waals surface area contributed by atoms with Gasteiger partial charge in [0.15, 0.2) is 0 Å². The third kappa shape index (κ3) is 1.60. The number of nitrogens with zero attached hydrogens (tertiary/aromatic N) is 1. The Hall–Kier alpha value is -2.15. The highest BCUT2D eigenvalue weighted by atomic mass is 14.7. The SMILES string of the molecule is C=NCc1cccc2c1ccc1ccccc12. The smallest absolute Gasteiger partial charge is 0.0638 e. The first kappa shape index (κ1) is 10.0. The molecule has 3 aromatic rings. The highest BCUT2D eigenvalue weighted by molar-refractivity contribution is 6.08. The van der Waals surface area contributed by atoms with Crippen molar-refractivity contribution in [3.8, 4) is 0 Å². The molecular weight excluding hydrogens is 206 g/mol. The van der Waals surface area contributed by atoms with Gasteiger partial charge in [0.2, 0.25) is 0 Å². The average molecular weight is 219 g/mol. The van der Waals surface area contributed by atoms with Crippen molar-refractivity contribution in [2.75, 3.05) is 0 Å². The van der Waals surface area contributed by atoms with Crippen LogP contribution in [0.3, 0.4) is 0 Å². The minimum absolute atomic E-state index is 0.676. The quantitative estimate of drug-likeness (QED) is 0.452. The van der Waals surface area contributed by atoms with Crippen LogP contribution in [0.2, 0.25) is 0 Å². The van der Waals surface area contributed by atoms with Crippen molar-refractivity contribution >= 4 is 28.3 Å². The van der Waals surface area contributed by atoms with Crippen LogP contribution < -0.4 is 0 Å². The largest absolute Gasteiger partial charge is 0.296 e. The third-order valence-corrected chi connectivity index (χ3v) is 3.16. The van der Waals surface area contributed by atoms with Gasteiger partial charge in [0, 0.05) is 0 Å². The summed E-state index contributed by atoms with van der Waals surface area (Å²) in [4.78, 5) is 3.99. The molecule has 3 rings (SSSR count). The molecule has 0 N–H and O–H groups in total. The van der Waals surface area contributed by atoms with Crippen molar-refractivity contribution in [1.29, 1.82) is 0 Å². The molecule has 3 aromatic carbocycles. The maximum Gasteiger partial charge on any atom is 0.0638 e. The van der Waals surface area contributed by atoms with Crippen molar-refractivity contribution in [3.63, 3.8) is 0 Å². The second kappa shape index (κ2) is 4.02. The molecule has 0 aliphatic rings. The second-order valence-electron chi connectivity index (χ2n) is 4.18. The van der Waals surface area contributed by atoms with E-state index in [0.717, 1.165) is 0 Å². The predicted molar refractivity (Wildman–Crippen MR) is 74.7 cm³/mol. The molecule has 0 radical (unpaired) electrons. The summed E-state index contributed by atoms with van der Waals surface area (Å²) in [6.45, 7) is 4.25. The van der Waals surface area contributed by atoms with E-state index in [2.05, 4.69) is 66.3 Å². The van der Waals surface area contributed by atoms with Gasteiger partial charge in [-0.05, 0) is 33.8 Å². The maximum atomic E-state index is 3.99. The van der Waals surface area contributed by atoms with Crippen LogP contribution in [0.25, 0.3) is 21.5 Å². The zero-order valence-corrected chi connectivity index (χ0v) is 9.56. The van der Waals surface area contributed by atoms with Gasteiger partial charge in [0.1, 0.15) is 0 Å². The Morgan fingerprint density at radius 2 is 1.59 bits per heavy atom. The summed E-state index contributed by atoms with van der Waals surface area (Å²) in [5.74, 6) is 0. The van der Waals surface area contributed by atoms with E-state index >= 15 is 0 Å². The van der Waals surface area contributed by atoms with Crippen LogP contribution >= 0.6 is 0 Å². The summed E-state index contributed by atoms with van der Waals surface area (Å²) < 4.78 is 0. The van der Waals surface area contributed by atoms with Gasteiger partial charge in [-0.1, -0.05) is 54.6 Å². The first-order valence-electron chi connectivity index (χ1n) is 5.72. The molecule has 0 aliphatic heterocycles. The zero-order chi connectivity index (χ0) is 11.7. The van der Waals surface area contributed by atoms with Gasteiger partial charge in [-0.3, -0.25) is 4.99 Å². The topological polar surface area (TPSA) is 12.4 Å². The molecule has 0 saturated carbocycles. The number of hydrogen-bond donors (Lipinski definition) is 0. The number of benzene rings is 3. The molecule has 1 nitrogen and oxygen atoms in total. The monoisotopic (exact) mass is 219 g/mol. The van der Waals surface area contributed by atoms with E-state index in [4.69, 9.17) is 0 Å². The number of aliphatic imine (C=N–C) groups is 1. The zero-order valence-electron chi connectivity index (χ0n) is 9.56. The maximum absolute atomic E-state index is 3.99. The lowest BCUT2D eigenvalue weighted by Crippen LogP contribution is -1.85. The predicted octanol–water partition coefficient (Wildman–Crippen LogP) is 4.19. The normalized spacial score (nSPS) is 10.8. The Morgan fingerprint density at radius 3 is 2.47 bits per heavy atom. The van der Waals surface area contributed by atoms with Crippen molar-refractivity contribution < 1.29 is 0 Å². The van der Waals surface area contributed by atoms with Crippen LogP contribution in [-0.2, 0) is 6.54 Å². The van der Waals surface area contributed by atoms with E-state index in [-0.39, 0.29) is 0 Å². The summed E-state index contributed by atoms with van der Waals surface area (Å²) >= 11 is 0. The number of fused-ring (bicyclic) bond motifs is 3. The fourth-order valence-electron chi connectivity index (χ4n) is 2.36. The summed E-state index contributed by atoms with van der Waals surface area (Å²) in [6, 6.07) is 19.2. The Kier molecular flexibility index (Phi) is 2.37. The minimum Gasteiger partial charge on any atom is -0.296 e. The van der Waals surface area contributed by atoms with Gasteiger partial charge in [0.25, 0.3) is 0 Å². The summed E-state index contributed by atoms with van der Waals surface area (Å²) in [7, 11) is 0. The van der Waals surface area contributed by atoms with E-state index in [0.29, 0.717) is 6.54 Å². The first-order chi connectivity index (χ1) is 8.40. The van der Waals surface area contributed by atoms with Crippen molar-refractivity contribution in [2.45, 2.75) is 6.54 Å². The molecule has 0 atom stereocenters. The average Bonchev–Trinajstić information content (AvgIpc) is 2.39. The molecule has 1 heteroatoms. The van der Waals surface area contributed by atoms with Gasteiger partial charge in [-0.25, -0.2) is 0 Å². The van der Waals surface area contributed by atoms with Gasteiger partial charge in [-0.2, -0.15) is 0 Å². The molecule has 0 amide bonds. The van der Waals surface area contributed by atoms with Crippen LogP contribution in [0.1, 0.15) is 5.56 Å². The Bertz CT molecular complexity index is 698. The van der Waals surface area contributed by atoms with E-state index < -0.39 is 0 Å². The summed E-state index contributed by atoms with van der Waals surface area (Å²) in [5, 5.41) is 5.16. The summed E-state index contributed by atoms with van der Waals surface area (Å²) in [6.07, 6.45) is 0. The molecule has 0 spiro atoms. The molecule has 0 unspecified atom stereocenters. The Balaban J connectivity index is 2.43. The van der Waals surface area contributed by atoms with Gasteiger partial charge >= 0.3 is 0 Å². The molecule has 0 aromatic heterocycles. The lowest BCUT2D eigenvalue weighted by Gasteiger charge is -2.07. The van der Waals surface area contributed by atoms with E-state index in [1.165, 1.54) is 27.1 Å². The van der Waals surface area contributed by atoms with Crippen LogP contribution in [0.4, 0.5) is 0 Å².